The summed E-state index contributed by atoms with van der Waals surface area (Å²) < 4.78 is 0. The van der Waals surface area contributed by atoms with Crippen molar-refractivity contribution in [3.63, 3.8) is 0 Å². The maximum Gasteiger partial charge on any atom is 0.246 e. The van der Waals surface area contributed by atoms with Crippen LogP contribution < -0.4 is 5.32 Å². The quantitative estimate of drug-likeness (QED) is 0.796. The first-order chi connectivity index (χ1) is 7.70. The number of rotatable bonds is 2. The summed E-state index contributed by atoms with van der Waals surface area (Å²) in [6.07, 6.45) is 0.641. The van der Waals surface area contributed by atoms with Crippen molar-refractivity contribution >= 4 is 11.8 Å². The highest BCUT2D eigenvalue weighted by Crippen LogP contribution is 2.26. The number of carbonyl (C=O) groups is 2. The molecule has 0 aromatic rings. The fraction of sp³-hybridized carbons (Fsp3) is 0.846. The zero-order valence-electron chi connectivity index (χ0n) is 11.7. The number of nitrogens with one attached hydrogen (secondary N) is 1. The molecular weight excluding hydrogens is 216 g/mol. The summed E-state index contributed by atoms with van der Waals surface area (Å²) in [4.78, 5) is 26.2. The van der Waals surface area contributed by atoms with Crippen LogP contribution in [0.1, 0.15) is 48.0 Å². The minimum absolute atomic E-state index is 0.0265. The molecule has 1 fully saturated rings. The van der Waals surface area contributed by atoms with Gasteiger partial charge in [-0.2, -0.15) is 0 Å². The lowest BCUT2D eigenvalue weighted by Crippen LogP contribution is -2.68. The Morgan fingerprint density at radius 2 is 1.82 bits per heavy atom. The zero-order valence-corrected chi connectivity index (χ0v) is 11.7. The summed E-state index contributed by atoms with van der Waals surface area (Å²) in [5.74, 6) is 0.135. The molecule has 4 nitrogen and oxygen atoms in total. The molecule has 0 aromatic heterocycles. The van der Waals surface area contributed by atoms with Gasteiger partial charge in [-0.3, -0.25) is 9.59 Å². The van der Waals surface area contributed by atoms with E-state index in [0.29, 0.717) is 6.42 Å². The van der Waals surface area contributed by atoms with E-state index in [0.717, 1.165) is 0 Å². The van der Waals surface area contributed by atoms with Gasteiger partial charge in [0.2, 0.25) is 11.8 Å². The van der Waals surface area contributed by atoms with Crippen LogP contribution in [0.3, 0.4) is 0 Å². The normalized spacial score (nSPS) is 26.4. The largest absolute Gasteiger partial charge is 0.343 e. The van der Waals surface area contributed by atoms with E-state index in [4.69, 9.17) is 0 Å². The third-order valence-corrected chi connectivity index (χ3v) is 3.16. The molecule has 2 amide bonds. The number of amides is 2. The van der Waals surface area contributed by atoms with Crippen LogP contribution in [0.25, 0.3) is 0 Å². The van der Waals surface area contributed by atoms with Crippen LogP contribution in [-0.4, -0.2) is 34.3 Å². The van der Waals surface area contributed by atoms with Gasteiger partial charge in [-0.25, -0.2) is 0 Å². The van der Waals surface area contributed by atoms with E-state index in [1.165, 1.54) is 0 Å². The molecule has 1 heterocycles. The van der Waals surface area contributed by atoms with Gasteiger partial charge >= 0.3 is 0 Å². The number of hydrogen-bond donors (Lipinski definition) is 1. The van der Waals surface area contributed by atoms with Crippen LogP contribution in [0.15, 0.2) is 0 Å². The second-order valence-corrected chi connectivity index (χ2v) is 6.04. The van der Waals surface area contributed by atoms with Crippen LogP contribution in [0.5, 0.6) is 0 Å². The Labute approximate surface area is 104 Å². The molecule has 0 aliphatic carbocycles. The van der Waals surface area contributed by atoms with Crippen molar-refractivity contribution in [3.8, 4) is 0 Å². The van der Waals surface area contributed by atoms with Crippen molar-refractivity contribution in [3.05, 3.63) is 0 Å². The molecule has 1 rings (SSSR count). The molecule has 1 aliphatic heterocycles. The standard InChI is InChI=1S/C13H24N2O2/c1-7-9-12(17)15(13(4,5)6)10(8(2)3)11(16)14-9/h8-10H,7H2,1-6H3,(H,14,16). The minimum Gasteiger partial charge on any atom is -0.343 e. The monoisotopic (exact) mass is 240 g/mol. The van der Waals surface area contributed by atoms with E-state index in [2.05, 4.69) is 5.32 Å². The zero-order chi connectivity index (χ0) is 13.4. The Morgan fingerprint density at radius 1 is 1.29 bits per heavy atom. The lowest BCUT2D eigenvalue weighted by molar-refractivity contribution is -0.157. The molecule has 17 heavy (non-hydrogen) atoms. The van der Waals surface area contributed by atoms with Crippen molar-refractivity contribution in [2.45, 2.75) is 65.6 Å². The molecule has 2 unspecified atom stereocenters. The van der Waals surface area contributed by atoms with Crippen LogP contribution >= 0.6 is 0 Å². The molecule has 1 saturated heterocycles. The summed E-state index contributed by atoms with van der Waals surface area (Å²) in [5.41, 5.74) is -0.322. The average Bonchev–Trinajstić information content (AvgIpc) is 2.17. The molecule has 1 aliphatic rings. The van der Waals surface area contributed by atoms with Crippen LogP contribution in [-0.2, 0) is 9.59 Å². The van der Waals surface area contributed by atoms with E-state index < -0.39 is 0 Å². The lowest BCUT2D eigenvalue weighted by atomic mass is 9.90. The van der Waals surface area contributed by atoms with Crippen molar-refractivity contribution in [2.24, 2.45) is 5.92 Å². The molecule has 98 valence electrons. The first kappa shape index (κ1) is 14.0. The molecule has 0 radical (unpaired) electrons. The van der Waals surface area contributed by atoms with Gasteiger partial charge in [0.05, 0.1) is 0 Å². The summed E-state index contributed by atoms with van der Waals surface area (Å²) in [6, 6.07) is -0.720. The smallest absolute Gasteiger partial charge is 0.246 e. The number of carbonyl (C=O) groups excluding carboxylic acids is 2. The maximum atomic E-state index is 12.4. The van der Waals surface area contributed by atoms with Crippen LogP contribution in [0, 0.1) is 5.92 Å². The SMILES string of the molecule is CCC1NC(=O)C(C(C)C)N(C(C)(C)C)C1=O. The molecule has 0 aromatic carbocycles. The molecule has 4 heteroatoms. The number of nitrogens with zero attached hydrogens (tertiary/aromatic N) is 1. The highest BCUT2D eigenvalue weighted by Gasteiger charge is 2.45. The summed E-state index contributed by atoms with van der Waals surface area (Å²) >= 11 is 0. The van der Waals surface area contributed by atoms with E-state index in [-0.39, 0.29) is 35.4 Å². The maximum absolute atomic E-state index is 12.4. The molecular formula is C13H24N2O2. The Morgan fingerprint density at radius 3 is 2.18 bits per heavy atom. The van der Waals surface area contributed by atoms with Crippen LogP contribution in [0.4, 0.5) is 0 Å². The second-order valence-electron chi connectivity index (χ2n) is 6.04. The van der Waals surface area contributed by atoms with Gasteiger partial charge in [-0.05, 0) is 33.1 Å². The molecule has 0 spiro atoms. The number of piperazine rings is 1. The lowest BCUT2D eigenvalue weighted by Gasteiger charge is -2.47. The van der Waals surface area contributed by atoms with Crippen molar-refractivity contribution in [1.29, 1.82) is 0 Å². The van der Waals surface area contributed by atoms with Gasteiger partial charge in [0, 0.05) is 5.54 Å². The Bertz CT molecular complexity index is 318. The molecule has 0 saturated carbocycles. The number of hydrogen-bond acceptors (Lipinski definition) is 2. The van der Waals surface area contributed by atoms with Crippen LogP contribution in [0.2, 0.25) is 0 Å². The summed E-state index contributed by atoms with van der Waals surface area (Å²) in [5, 5.41) is 2.82. The van der Waals surface area contributed by atoms with E-state index in [9.17, 15) is 9.59 Å². The Balaban J connectivity index is 3.13. The molecule has 2 atom stereocenters. The van der Waals surface area contributed by atoms with Crippen molar-refractivity contribution in [2.75, 3.05) is 0 Å². The molecule has 0 bridgehead atoms. The third-order valence-electron chi connectivity index (χ3n) is 3.16. The minimum atomic E-state index is -0.364. The summed E-state index contributed by atoms with van der Waals surface area (Å²) in [7, 11) is 0. The van der Waals surface area contributed by atoms with Gasteiger partial charge in [0.25, 0.3) is 0 Å². The fourth-order valence-corrected chi connectivity index (χ4v) is 2.37. The van der Waals surface area contributed by atoms with Gasteiger partial charge in [-0.1, -0.05) is 20.8 Å². The Hall–Kier alpha value is -1.06. The Kier molecular flexibility index (Phi) is 3.84. The highest BCUT2D eigenvalue weighted by atomic mass is 16.2. The third kappa shape index (κ3) is 2.61. The predicted molar refractivity (Wildman–Crippen MR) is 67.4 cm³/mol. The van der Waals surface area contributed by atoms with Gasteiger partial charge in [-0.15, -0.1) is 0 Å². The average molecular weight is 240 g/mol. The predicted octanol–water partition coefficient (Wildman–Crippen LogP) is 1.55. The highest BCUT2D eigenvalue weighted by molar-refractivity contribution is 5.97. The van der Waals surface area contributed by atoms with Crippen molar-refractivity contribution < 1.29 is 9.59 Å². The van der Waals surface area contributed by atoms with E-state index >= 15 is 0 Å². The molecule has 1 N–H and O–H groups in total. The second kappa shape index (κ2) is 4.67. The first-order valence-electron chi connectivity index (χ1n) is 6.33. The van der Waals surface area contributed by atoms with Crippen molar-refractivity contribution in [1.82, 2.24) is 10.2 Å². The fourth-order valence-electron chi connectivity index (χ4n) is 2.37. The van der Waals surface area contributed by atoms with E-state index in [1.54, 1.807) is 4.90 Å². The van der Waals surface area contributed by atoms with Gasteiger partial charge in [0.1, 0.15) is 12.1 Å². The summed E-state index contributed by atoms with van der Waals surface area (Å²) in [6.45, 7) is 11.8. The first-order valence-corrected chi connectivity index (χ1v) is 6.33. The van der Waals surface area contributed by atoms with Gasteiger partial charge in [0.15, 0.2) is 0 Å². The van der Waals surface area contributed by atoms with Gasteiger partial charge < -0.3 is 10.2 Å². The van der Waals surface area contributed by atoms with E-state index in [1.807, 2.05) is 41.5 Å². The topological polar surface area (TPSA) is 49.4 Å².